The first-order valence-electron chi connectivity index (χ1n) is 12.1. The van der Waals surface area contributed by atoms with E-state index < -0.39 is 5.69 Å². The van der Waals surface area contributed by atoms with E-state index in [1.54, 1.807) is 47.2 Å². The number of imidazole rings is 1. The highest BCUT2D eigenvalue weighted by Crippen LogP contribution is 2.30. The summed E-state index contributed by atoms with van der Waals surface area (Å²) < 4.78 is 11.8. The number of furan rings is 1. The van der Waals surface area contributed by atoms with Gasteiger partial charge in [-0.25, -0.2) is 9.78 Å². The number of aryl methyl sites for hydroxylation is 2. The molecule has 1 aliphatic heterocycles. The van der Waals surface area contributed by atoms with Gasteiger partial charge in [-0.2, -0.15) is 4.98 Å². The molecular formula is C25H25N7O4S2. The van der Waals surface area contributed by atoms with Crippen LogP contribution in [0.25, 0.3) is 21.4 Å². The Hall–Kier alpha value is -3.84. The molecule has 0 N–H and O–H groups in total. The van der Waals surface area contributed by atoms with Gasteiger partial charge in [-0.15, -0.1) is 11.3 Å². The average molecular weight is 552 g/mol. The normalized spacial score (nSPS) is 14.2. The molecule has 13 heteroatoms. The minimum atomic E-state index is -0.420. The fraction of sp³-hybridized carbons (Fsp3) is 0.320. The van der Waals surface area contributed by atoms with Gasteiger partial charge in [-0.3, -0.25) is 18.7 Å². The van der Waals surface area contributed by atoms with E-state index in [1.165, 1.54) is 17.9 Å². The summed E-state index contributed by atoms with van der Waals surface area (Å²) in [5.74, 6) is 1.46. The summed E-state index contributed by atoms with van der Waals surface area (Å²) in [5, 5.41) is 0. The highest BCUT2D eigenvalue weighted by Gasteiger charge is 2.28. The molecule has 1 aliphatic rings. The molecule has 1 amide bonds. The van der Waals surface area contributed by atoms with E-state index in [2.05, 4.69) is 11.0 Å². The maximum atomic E-state index is 13.2. The summed E-state index contributed by atoms with van der Waals surface area (Å²) >= 11 is 3.27. The van der Waals surface area contributed by atoms with Crippen molar-refractivity contribution in [2.75, 3.05) is 36.8 Å². The molecule has 0 bridgehead atoms. The topological polar surface area (TPSA) is 111 Å². The number of piperazine rings is 1. The number of rotatable bonds is 6. The molecule has 5 heterocycles. The molecule has 0 radical (unpaired) electrons. The number of hydrogen-bond donors (Lipinski definition) is 0. The fourth-order valence-corrected chi connectivity index (χ4v) is 6.75. The quantitative estimate of drug-likeness (QED) is 0.296. The molecule has 1 aromatic carbocycles. The number of nitrogens with zero attached hydrogens (tertiary/aromatic N) is 7. The Morgan fingerprint density at radius 3 is 2.55 bits per heavy atom. The number of thiazole rings is 1. The third kappa shape index (κ3) is 4.21. The standard InChI is InChI=1S/C25H25N7O4S2/c1-28-20-19(22(34)29(2)25(28)35)32(13-15-37-24-26-16-6-3-4-8-18(16)38-24)23(27-20)31-11-9-30(10-12-31)21(33)17-7-5-14-36-17/h3-8,14H,9-13,15H2,1-2H3. The van der Waals surface area contributed by atoms with Crippen LogP contribution in [0.2, 0.25) is 0 Å². The lowest BCUT2D eigenvalue weighted by molar-refractivity contribution is 0.0714. The Morgan fingerprint density at radius 2 is 1.82 bits per heavy atom. The zero-order valence-electron chi connectivity index (χ0n) is 20.9. The first-order chi connectivity index (χ1) is 18.4. The van der Waals surface area contributed by atoms with Crippen LogP contribution in [0.3, 0.4) is 0 Å². The summed E-state index contributed by atoms with van der Waals surface area (Å²) in [6.45, 7) is 2.55. The molecule has 11 nitrogen and oxygen atoms in total. The number of thioether (sulfide) groups is 1. The van der Waals surface area contributed by atoms with Crippen molar-refractivity contribution in [1.82, 2.24) is 28.6 Å². The molecule has 5 aromatic rings. The number of anilines is 1. The van der Waals surface area contributed by atoms with Crippen molar-refractivity contribution in [2.24, 2.45) is 14.1 Å². The zero-order chi connectivity index (χ0) is 26.4. The summed E-state index contributed by atoms with van der Waals surface area (Å²) in [7, 11) is 3.11. The van der Waals surface area contributed by atoms with E-state index in [0.717, 1.165) is 19.1 Å². The van der Waals surface area contributed by atoms with Crippen molar-refractivity contribution < 1.29 is 9.21 Å². The molecule has 1 saturated heterocycles. The second-order valence-electron chi connectivity index (χ2n) is 8.99. The third-order valence-electron chi connectivity index (χ3n) is 6.72. The number of fused-ring (bicyclic) bond motifs is 2. The number of carbonyl (C=O) groups excluding carboxylic acids is 1. The average Bonchev–Trinajstić information content (AvgIpc) is 3.69. The van der Waals surface area contributed by atoms with Gasteiger partial charge in [0.2, 0.25) is 5.95 Å². The van der Waals surface area contributed by atoms with E-state index in [-0.39, 0.29) is 11.5 Å². The Balaban J connectivity index is 1.29. The predicted octanol–water partition coefficient (Wildman–Crippen LogP) is 2.39. The number of carbonyl (C=O) groups is 1. The highest BCUT2D eigenvalue weighted by atomic mass is 32.2. The van der Waals surface area contributed by atoms with Crippen molar-refractivity contribution >= 4 is 56.3 Å². The maximum absolute atomic E-state index is 13.2. The Labute approximate surface area is 224 Å². The second kappa shape index (κ2) is 9.80. The Bertz CT molecular complexity index is 1730. The van der Waals surface area contributed by atoms with Gasteiger partial charge in [0, 0.05) is 52.6 Å². The van der Waals surface area contributed by atoms with E-state index in [4.69, 9.17) is 14.4 Å². The van der Waals surface area contributed by atoms with Crippen LogP contribution < -0.4 is 16.1 Å². The van der Waals surface area contributed by atoms with Crippen LogP contribution in [0.1, 0.15) is 10.6 Å². The van der Waals surface area contributed by atoms with Crippen LogP contribution >= 0.6 is 23.1 Å². The summed E-state index contributed by atoms with van der Waals surface area (Å²) in [5.41, 5.74) is 0.922. The second-order valence-corrected chi connectivity index (χ2v) is 11.4. The van der Waals surface area contributed by atoms with Crippen molar-refractivity contribution in [3.8, 4) is 0 Å². The molecular weight excluding hydrogens is 526 g/mol. The maximum Gasteiger partial charge on any atom is 0.332 e. The molecule has 4 aromatic heterocycles. The van der Waals surface area contributed by atoms with Crippen LogP contribution in [-0.4, -0.2) is 66.4 Å². The lowest BCUT2D eigenvalue weighted by atomic mass is 10.3. The van der Waals surface area contributed by atoms with E-state index in [0.29, 0.717) is 61.3 Å². The zero-order valence-corrected chi connectivity index (χ0v) is 22.5. The lowest BCUT2D eigenvalue weighted by Crippen LogP contribution is -2.49. The van der Waals surface area contributed by atoms with Gasteiger partial charge in [-0.05, 0) is 24.3 Å². The van der Waals surface area contributed by atoms with Crippen LogP contribution in [-0.2, 0) is 20.6 Å². The van der Waals surface area contributed by atoms with Crippen LogP contribution in [0, 0.1) is 0 Å². The summed E-state index contributed by atoms with van der Waals surface area (Å²) in [6, 6.07) is 11.4. The predicted molar refractivity (Wildman–Crippen MR) is 147 cm³/mol. The molecule has 38 heavy (non-hydrogen) atoms. The summed E-state index contributed by atoms with van der Waals surface area (Å²) in [4.78, 5) is 51.9. The Morgan fingerprint density at radius 1 is 1.03 bits per heavy atom. The van der Waals surface area contributed by atoms with E-state index in [9.17, 15) is 14.4 Å². The SMILES string of the molecule is Cn1c(=O)c2c(nc(N3CCN(C(=O)c4ccco4)CC3)n2CCSc2nc3ccccc3s2)n(C)c1=O. The molecule has 6 rings (SSSR count). The first kappa shape index (κ1) is 24.5. The van der Waals surface area contributed by atoms with E-state index in [1.807, 2.05) is 22.8 Å². The molecule has 196 valence electrons. The first-order valence-corrected chi connectivity index (χ1v) is 13.9. The molecule has 0 aliphatic carbocycles. The van der Waals surface area contributed by atoms with Crippen LogP contribution in [0.5, 0.6) is 0 Å². The van der Waals surface area contributed by atoms with Gasteiger partial charge < -0.3 is 18.8 Å². The third-order valence-corrected chi connectivity index (χ3v) is 8.88. The van der Waals surface area contributed by atoms with Crippen molar-refractivity contribution in [1.29, 1.82) is 0 Å². The van der Waals surface area contributed by atoms with Crippen LogP contribution in [0.15, 0.2) is 61.0 Å². The van der Waals surface area contributed by atoms with Gasteiger partial charge in [0.15, 0.2) is 21.3 Å². The van der Waals surface area contributed by atoms with Gasteiger partial charge in [0.05, 0.1) is 16.5 Å². The molecule has 0 unspecified atom stereocenters. The van der Waals surface area contributed by atoms with Crippen molar-refractivity contribution in [3.63, 3.8) is 0 Å². The number of hydrogen-bond acceptors (Lipinski definition) is 9. The number of amides is 1. The van der Waals surface area contributed by atoms with Gasteiger partial charge in [0.25, 0.3) is 11.5 Å². The smallest absolute Gasteiger partial charge is 0.332 e. The monoisotopic (exact) mass is 551 g/mol. The molecule has 0 saturated carbocycles. The fourth-order valence-electron chi connectivity index (χ4n) is 4.69. The van der Waals surface area contributed by atoms with Crippen molar-refractivity contribution in [2.45, 2.75) is 10.9 Å². The van der Waals surface area contributed by atoms with E-state index >= 15 is 0 Å². The van der Waals surface area contributed by atoms with Gasteiger partial charge >= 0.3 is 5.69 Å². The number of benzene rings is 1. The minimum Gasteiger partial charge on any atom is -0.459 e. The largest absolute Gasteiger partial charge is 0.459 e. The van der Waals surface area contributed by atoms with Gasteiger partial charge in [0.1, 0.15) is 0 Å². The van der Waals surface area contributed by atoms with Crippen LogP contribution in [0.4, 0.5) is 5.95 Å². The summed E-state index contributed by atoms with van der Waals surface area (Å²) in [6.07, 6.45) is 1.49. The molecule has 0 atom stereocenters. The number of para-hydroxylation sites is 1. The highest BCUT2D eigenvalue weighted by molar-refractivity contribution is 8.01. The van der Waals surface area contributed by atoms with Gasteiger partial charge in [-0.1, -0.05) is 23.9 Å². The molecule has 0 spiro atoms. The minimum absolute atomic E-state index is 0.147. The Kier molecular flexibility index (Phi) is 6.32. The van der Waals surface area contributed by atoms with Crippen molar-refractivity contribution in [3.05, 3.63) is 69.3 Å². The number of aromatic nitrogens is 5. The lowest BCUT2D eigenvalue weighted by Gasteiger charge is -2.35. The molecule has 1 fully saturated rings.